The van der Waals surface area contributed by atoms with Crippen LogP contribution in [-0.4, -0.2) is 45.3 Å². The van der Waals surface area contributed by atoms with Crippen molar-refractivity contribution in [1.29, 1.82) is 0 Å². The van der Waals surface area contributed by atoms with Gasteiger partial charge in [0.05, 0.1) is 6.54 Å². The topological polar surface area (TPSA) is 46.0 Å². The Morgan fingerprint density at radius 1 is 1.32 bits per heavy atom. The number of aryl methyl sites for hydroxylation is 1. The van der Waals surface area contributed by atoms with E-state index in [2.05, 4.69) is 38.8 Å². The van der Waals surface area contributed by atoms with Crippen LogP contribution in [0.25, 0.3) is 0 Å². The van der Waals surface area contributed by atoms with Crippen LogP contribution < -0.4 is 5.32 Å². The second kappa shape index (κ2) is 7.60. The lowest BCUT2D eigenvalue weighted by Crippen LogP contribution is -2.31. The smallest absolute Gasteiger partial charge is 0.146 e. The first kappa shape index (κ1) is 14.5. The summed E-state index contributed by atoms with van der Waals surface area (Å²) in [6, 6.07) is 0.629. The molecule has 0 bridgehead atoms. The van der Waals surface area contributed by atoms with Crippen molar-refractivity contribution in [2.45, 2.75) is 58.7 Å². The van der Waals surface area contributed by atoms with E-state index < -0.39 is 0 Å². The Morgan fingerprint density at radius 2 is 2.21 bits per heavy atom. The minimum Gasteiger partial charge on any atom is -0.317 e. The Labute approximate surface area is 116 Å². The van der Waals surface area contributed by atoms with Crippen LogP contribution in [-0.2, 0) is 13.1 Å². The third kappa shape index (κ3) is 4.28. The number of rotatable bonds is 6. The number of aromatic nitrogens is 3. The first-order chi connectivity index (χ1) is 9.33. The summed E-state index contributed by atoms with van der Waals surface area (Å²) in [7, 11) is 0. The Kier molecular flexibility index (Phi) is 5.79. The van der Waals surface area contributed by atoms with Crippen LogP contribution in [0, 0.1) is 0 Å². The second-order valence-electron chi connectivity index (χ2n) is 5.38. The maximum atomic E-state index is 4.18. The van der Waals surface area contributed by atoms with Gasteiger partial charge in [0.25, 0.3) is 0 Å². The Morgan fingerprint density at radius 3 is 3.00 bits per heavy atom. The number of nitrogens with zero attached hydrogens (tertiary/aromatic N) is 4. The van der Waals surface area contributed by atoms with E-state index in [-0.39, 0.29) is 0 Å². The van der Waals surface area contributed by atoms with Gasteiger partial charge >= 0.3 is 0 Å². The summed E-state index contributed by atoms with van der Waals surface area (Å²) in [5.41, 5.74) is 0. The van der Waals surface area contributed by atoms with Crippen molar-refractivity contribution in [3.8, 4) is 0 Å². The average Bonchev–Trinajstić information content (AvgIpc) is 2.77. The molecule has 1 saturated heterocycles. The molecule has 1 N–H and O–H groups in total. The van der Waals surface area contributed by atoms with E-state index in [1.54, 1.807) is 0 Å². The predicted molar refractivity (Wildman–Crippen MR) is 76.9 cm³/mol. The van der Waals surface area contributed by atoms with Crippen molar-refractivity contribution in [1.82, 2.24) is 25.0 Å². The highest BCUT2D eigenvalue weighted by Gasteiger charge is 2.16. The highest BCUT2D eigenvalue weighted by molar-refractivity contribution is 4.86. The van der Waals surface area contributed by atoms with Gasteiger partial charge in [-0.15, -0.1) is 10.2 Å². The molecule has 1 unspecified atom stereocenters. The molecule has 1 aromatic rings. The average molecular weight is 265 g/mol. The SMILES string of the molecule is CCCN1CCCC(NCc2nncn2CC)CC1. The molecular weight excluding hydrogens is 238 g/mol. The second-order valence-corrected chi connectivity index (χ2v) is 5.38. The fourth-order valence-corrected chi connectivity index (χ4v) is 2.82. The number of hydrogen-bond donors (Lipinski definition) is 1. The Bertz CT molecular complexity index is 362. The Hall–Kier alpha value is -0.940. The standard InChI is InChI=1S/C14H27N5/c1-3-8-18-9-5-6-13(7-10-18)15-11-14-17-16-12-19(14)4-2/h12-13,15H,3-11H2,1-2H3. The monoisotopic (exact) mass is 265 g/mol. The summed E-state index contributed by atoms with van der Waals surface area (Å²) < 4.78 is 2.10. The number of hydrogen-bond acceptors (Lipinski definition) is 4. The molecule has 108 valence electrons. The van der Waals surface area contributed by atoms with Crippen molar-refractivity contribution >= 4 is 0 Å². The lowest BCUT2D eigenvalue weighted by atomic mass is 10.1. The molecule has 0 amide bonds. The van der Waals surface area contributed by atoms with Gasteiger partial charge in [-0.25, -0.2) is 0 Å². The van der Waals surface area contributed by atoms with Gasteiger partial charge in [-0.05, 0) is 52.2 Å². The largest absolute Gasteiger partial charge is 0.317 e. The van der Waals surface area contributed by atoms with Gasteiger partial charge in [0.2, 0.25) is 0 Å². The van der Waals surface area contributed by atoms with E-state index in [9.17, 15) is 0 Å². The zero-order chi connectivity index (χ0) is 13.5. The molecule has 1 aromatic heterocycles. The van der Waals surface area contributed by atoms with Gasteiger partial charge in [-0.1, -0.05) is 6.92 Å². The predicted octanol–water partition coefficient (Wildman–Crippen LogP) is 1.65. The third-order valence-corrected chi connectivity index (χ3v) is 3.95. The van der Waals surface area contributed by atoms with Gasteiger partial charge in [0.15, 0.2) is 0 Å². The van der Waals surface area contributed by atoms with E-state index in [0.717, 1.165) is 18.9 Å². The zero-order valence-corrected chi connectivity index (χ0v) is 12.3. The Balaban J connectivity index is 1.77. The molecule has 5 heteroatoms. The molecule has 0 spiro atoms. The highest BCUT2D eigenvalue weighted by Crippen LogP contribution is 2.12. The summed E-state index contributed by atoms with van der Waals surface area (Å²) in [5, 5.41) is 11.8. The summed E-state index contributed by atoms with van der Waals surface area (Å²) in [5.74, 6) is 1.05. The van der Waals surface area contributed by atoms with E-state index in [1.807, 2.05) is 6.33 Å². The third-order valence-electron chi connectivity index (χ3n) is 3.95. The molecule has 0 saturated carbocycles. The van der Waals surface area contributed by atoms with Crippen molar-refractivity contribution in [3.63, 3.8) is 0 Å². The fourth-order valence-electron chi connectivity index (χ4n) is 2.82. The van der Waals surface area contributed by atoms with Gasteiger partial charge < -0.3 is 14.8 Å². The molecule has 0 radical (unpaired) electrons. The quantitative estimate of drug-likeness (QED) is 0.849. The van der Waals surface area contributed by atoms with Crippen LogP contribution in [0.4, 0.5) is 0 Å². The van der Waals surface area contributed by atoms with Gasteiger partial charge in [-0.3, -0.25) is 0 Å². The van der Waals surface area contributed by atoms with Crippen LogP contribution in [0.1, 0.15) is 45.4 Å². The summed E-state index contributed by atoms with van der Waals surface area (Å²) >= 11 is 0. The lowest BCUT2D eigenvalue weighted by Gasteiger charge is -2.19. The fraction of sp³-hybridized carbons (Fsp3) is 0.857. The maximum Gasteiger partial charge on any atom is 0.146 e. The molecule has 1 aliphatic heterocycles. The molecule has 1 fully saturated rings. The summed E-state index contributed by atoms with van der Waals surface area (Å²) in [6.45, 7) is 9.91. The van der Waals surface area contributed by atoms with Crippen molar-refractivity contribution in [2.75, 3.05) is 19.6 Å². The summed E-state index contributed by atoms with van der Waals surface area (Å²) in [4.78, 5) is 2.59. The van der Waals surface area contributed by atoms with Crippen LogP contribution in [0.2, 0.25) is 0 Å². The van der Waals surface area contributed by atoms with E-state index >= 15 is 0 Å². The number of likely N-dealkylation sites (tertiary alicyclic amines) is 1. The normalized spacial score (nSPS) is 21.5. The number of nitrogens with one attached hydrogen (secondary N) is 1. The molecule has 1 atom stereocenters. The van der Waals surface area contributed by atoms with Crippen molar-refractivity contribution in [3.05, 3.63) is 12.2 Å². The summed E-state index contributed by atoms with van der Waals surface area (Å²) in [6.07, 6.45) is 6.91. The first-order valence-corrected chi connectivity index (χ1v) is 7.66. The van der Waals surface area contributed by atoms with Crippen LogP contribution in [0.5, 0.6) is 0 Å². The molecule has 0 aromatic carbocycles. The molecule has 1 aliphatic rings. The molecule has 0 aliphatic carbocycles. The minimum absolute atomic E-state index is 0.629. The van der Waals surface area contributed by atoms with Gasteiger partial charge in [0.1, 0.15) is 12.2 Å². The lowest BCUT2D eigenvalue weighted by molar-refractivity contribution is 0.282. The minimum atomic E-state index is 0.629. The van der Waals surface area contributed by atoms with Crippen molar-refractivity contribution < 1.29 is 0 Å². The van der Waals surface area contributed by atoms with Crippen LogP contribution in [0.3, 0.4) is 0 Å². The molecule has 2 rings (SSSR count). The van der Waals surface area contributed by atoms with Crippen LogP contribution in [0.15, 0.2) is 6.33 Å². The van der Waals surface area contributed by atoms with Crippen molar-refractivity contribution in [2.24, 2.45) is 0 Å². The van der Waals surface area contributed by atoms with E-state index in [0.29, 0.717) is 6.04 Å². The van der Waals surface area contributed by atoms with Gasteiger partial charge in [0, 0.05) is 12.6 Å². The molecular formula is C14H27N5. The molecule has 19 heavy (non-hydrogen) atoms. The maximum absolute atomic E-state index is 4.18. The van der Waals surface area contributed by atoms with E-state index in [1.165, 1.54) is 45.3 Å². The van der Waals surface area contributed by atoms with E-state index in [4.69, 9.17) is 0 Å². The first-order valence-electron chi connectivity index (χ1n) is 7.66. The zero-order valence-electron chi connectivity index (χ0n) is 12.3. The molecule has 2 heterocycles. The molecule has 5 nitrogen and oxygen atoms in total. The van der Waals surface area contributed by atoms with Crippen LogP contribution >= 0.6 is 0 Å². The van der Waals surface area contributed by atoms with Gasteiger partial charge in [-0.2, -0.15) is 0 Å². The highest BCUT2D eigenvalue weighted by atomic mass is 15.3.